The Kier molecular flexibility index (Phi) is 8.14. The van der Waals surface area contributed by atoms with E-state index in [4.69, 9.17) is 4.98 Å². The van der Waals surface area contributed by atoms with Gasteiger partial charge in [0.1, 0.15) is 0 Å². The molecule has 4 nitrogen and oxygen atoms in total. The SMILES string of the molecule is CC12CCCCC1(C)N(c1ccc3c(c1)C1(c4ccccc4N(c4ccccc4)c4cnccc41)c1c-3c3ccccc3c3cc(N4c5ccccc5C5(C)CCCCC45C)ccc13)c1ccccc12. The van der Waals surface area contributed by atoms with Crippen molar-refractivity contribution in [3.8, 4) is 11.1 Å². The third-order valence-corrected chi connectivity index (χ3v) is 19.6. The molecule has 2 saturated carbocycles. The van der Waals surface area contributed by atoms with E-state index in [9.17, 15) is 0 Å². The first kappa shape index (κ1) is 40.7. The van der Waals surface area contributed by atoms with Crippen molar-refractivity contribution in [1.82, 2.24) is 4.98 Å². The normalized spacial score (nSPS) is 26.6. The highest BCUT2D eigenvalue weighted by atomic mass is 15.3. The Labute approximate surface area is 412 Å². The summed E-state index contributed by atoms with van der Waals surface area (Å²) in [5, 5.41) is 5.23. The van der Waals surface area contributed by atoms with Crippen molar-refractivity contribution in [2.45, 2.75) is 106 Å². The number of para-hydroxylation sites is 4. The highest BCUT2D eigenvalue weighted by Gasteiger charge is 2.60. The van der Waals surface area contributed by atoms with Crippen LogP contribution in [0.5, 0.6) is 0 Å². The third-order valence-electron chi connectivity index (χ3n) is 19.6. The van der Waals surface area contributed by atoms with Crippen LogP contribution in [0, 0.1) is 0 Å². The molecule has 3 aliphatic carbocycles. The Hall–Kier alpha value is -7.17. The fourth-order valence-electron chi connectivity index (χ4n) is 16.1. The monoisotopic (exact) mass is 906 g/mol. The summed E-state index contributed by atoms with van der Waals surface area (Å²) in [5.74, 6) is 0. The molecular weight excluding hydrogens is 849 g/mol. The van der Waals surface area contributed by atoms with E-state index in [2.05, 4.69) is 218 Å². The summed E-state index contributed by atoms with van der Waals surface area (Å²) in [6, 6.07) is 65.7. The average molecular weight is 907 g/mol. The Morgan fingerprint density at radius 3 is 1.63 bits per heavy atom. The van der Waals surface area contributed by atoms with Crippen LogP contribution in [0.3, 0.4) is 0 Å². The van der Waals surface area contributed by atoms with Crippen molar-refractivity contribution in [3.05, 3.63) is 216 Å². The van der Waals surface area contributed by atoms with Crippen LogP contribution in [0.15, 0.2) is 182 Å². The van der Waals surface area contributed by atoms with E-state index in [1.807, 2.05) is 6.20 Å². The molecule has 2 fully saturated rings. The number of aromatic nitrogens is 1. The molecule has 70 heavy (non-hydrogen) atoms. The zero-order chi connectivity index (χ0) is 46.8. The van der Waals surface area contributed by atoms with Crippen molar-refractivity contribution in [3.63, 3.8) is 0 Å². The molecule has 0 bridgehead atoms. The second-order valence-electron chi connectivity index (χ2n) is 22.4. The van der Waals surface area contributed by atoms with Crippen molar-refractivity contribution in [1.29, 1.82) is 0 Å². The van der Waals surface area contributed by atoms with Crippen LogP contribution in [-0.4, -0.2) is 16.1 Å². The highest BCUT2D eigenvalue weighted by Crippen LogP contribution is 2.68. The summed E-state index contributed by atoms with van der Waals surface area (Å²) in [5.41, 5.74) is 18.9. The van der Waals surface area contributed by atoms with Crippen LogP contribution in [0.2, 0.25) is 0 Å². The van der Waals surface area contributed by atoms with Gasteiger partial charge in [-0.2, -0.15) is 0 Å². The van der Waals surface area contributed by atoms with Crippen LogP contribution in [0.25, 0.3) is 32.7 Å². The summed E-state index contributed by atoms with van der Waals surface area (Å²) in [7, 11) is 0. The summed E-state index contributed by atoms with van der Waals surface area (Å²) in [6.07, 6.45) is 13.9. The average Bonchev–Trinajstić information content (AvgIpc) is 3.90. The van der Waals surface area contributed by atoms with Crippen LogP contribution in [0.1, 0.15) is 112 Å². The van der Waals surface area contributed by atoms with Crippen LogP contribution in [0.4, 0.5) is 39.8 Å². The smallest absolute Gasteiger partial charge is 0.0762 e. The highest BCUT2D eigenvalue weighted by molar-refractivity contribution is 6.20. The van der Waals surface area contributed by atoms with Gasteiger partial charge in [0, 0.05) is 45.5 Å². The molecule has 0 N–H and O–H groups in total. The molecule has 1 aromatic heterocycles. The molecule has 4 heteroatoms. The quantitative estimate of drug-likeness (QED) is 0.165. The number of hydrogen-bond donors (Lipinski definition) is 0. The molecule has 9 aromatic rings. The van der Waals surface area contributed by atoms with Crippen molar-refractivity contribution in [2.24, 2.45) is 0 Å². The molecule has 15 rings (SSSR count). The molecule has 6 aliphatic rings. The fourth-order valence-corrected chi connectivity index (χ4v) is 16.1. The number of nitrogens with zero attached hydrogens (tertiary/aromatic N) is 4. The summed E-state index contributed by atoms with van der Waals surface area (Å²) >= 11 is 0. The van der Waals surface area contributed by atoms with E-state index in [-0.39, 0.29) is 21.9 Å². The van der Waals surface area contributed by atoms with Gasteiger partial charge in [0.15, 0.2) is 0 Å². The lowest BCUT2D eigenvalue weighted by atomic mass is 9.61. The molecular formula is C66H58N4. The predicted octanol–water partition coefficient (Wildman–Crippen LogP) is 17.0. The third kappa shape index (κ3) is 4.76. The standard InChI is InChI=1S/C66H58N4/c1-62-35-16-18-37-64(62,3)69(57-28-14-10-24-51(57)62)44-30-32-48-50(40-44)46-22-8-9-23-47(46)60-49-33-31-45(70-58-29-15-11-25-52(58)63(2)36-17-19-38-65(63,70)4)41-55(49)66(61(48)60)53-26-12-13-27-56(53)68(43-20-6-5-7-21-43)59-42-67-39-34-54(59)66/h5-15,20-34,39-42H,16-19,35-38H2,1-4H3. The molecule has 1 spiro atoms. The first-order valence-electron chi connectivity index (χ1n) is 26.0. The van der Waals surface area contributed by atoms with E-state index < -0.39 is 5.41 Å². The molecule has 8 aromatic carbocycles. The molecule has 0 radical (unpaired) electrons. The second kappa shape index (κ2) is 14.0. The largest absolute Gasteiger partial charge is 0.334 e. The van der Waals surface area contributed by atoms with Gasteiger partial charge >= 0.3 is 0 Å². The van der Waals surface area contributed by atoms with Gasteiger partial charge in [0.25, 0.3) is 0 Å². The molecule has 4 heterocycles. The number of pyridine rings is 1. The Morgan fingerprint density at radius 2 is 0.943 bits per heavy atom. The zero-order valence-corrected chi connectivity index (χ0v) is 40.8. The number of rotatable bonds is 3. The molecule has 3 aliphatic heterocycles. The first-order chi connectivity index (χ1) is 34.2. The lowest BCUT2D eigenvalue weighted by Gasteiger charge is -2.50. The molecule has 5 unspecified atom stereocenters. The molecule has 0 saturated heterocycles. The number of benzene rings is 8. The van der Waals surface area contributed by atoms with Gasteiger partial charge < -0.3 is 14.7 Å². The minimum absolute atomic E-state index is 0.0412. The molecule has 5 atom stereocenters. The topological polar surface area (TPSA) is 22.6 Å². The lowest BCUT2D eigenvalue weighted by molar-refractivity contribution is 0.195. The Morgan fingerprint density at radius 1 is 0.400 bits per heavy atom. The van der Waals surface area contributed by atoms with Gasteiger partial charge in [-0.1, -0.05) is 149 Å². The van der Waals surface area contributed by atoms with Gasteiger partial charge in [0.05, 0.1) is 34.1 Å². The van der Waals surface area contributed by atoms with Crippen molar-refractivity contribution in [2.75, 3.05) is 14.7 Å². The zero-order valence-electron chi connectivity index (χ0n) is 40.8. The van der Waals surface area contributed by atoms with E-state index in [0.29, 0.717) is 0 Å². The number of anilines is 7. The van der Waals surface area contributed by atoms with Crippen LogP contribution >= 0.6 is 0 Å². The predicted molar refractivity (Wildman–Crippen MR) is 290 cm³/mol. The molecule has 0 amide bonds. The maximum Gasteiger partial charge on any atom is 0.0762 e. The van der Waals surface area contributed by atoms with Gasteiger partial charge in [-0.3, -0.25) is 4.98 Å². The Balaban J connectivity index is 1.06. The summed E-state index contributed by atoms with van der Waals surface area (Å²) < 4.78 is 0. The first-order valence-corrected chi connectivity index (χ1v) is 26.0. The van der Waals surface area contributed by atoms with E-state index in [1.165, 1.54) is 139 Å². The summed E-state index contributed by atoms with van der Waals surface area (Å²) in [4.78, 5) is 12.9. The van der Waals surface area contributed by atoms with Crippen molar-refractivity contribution < 1.29 is 0 Å². The number of fused-ring (bicyclic) bond motifs is 20. The molecule has 342 valence electrons. The van der Waals surface area contributed by atoms with Crippen LogP contribution < -0.4 is 14.7 Å². The van der Waals surface area contributed by atoms with E-state index in [0.717, 1.165) is 17.8 Å². The Bertz CT molecular complexity index is 3640. The number of hydrogen-bond acceptors (Lipinski definition) is 4. The maximum absolute atomic E-state index is 4.96. The van der Waals surface area contributed by atoms with Crippen molar-refractivity contribution >= 4 is 61.4 Å². The minimum Gasteiger partial charge on any atom is -0.334 e. The second-order valence-corrected chi connectivity index (χ2v) is 22.4. The van der Waals surface area contributed by atoms with Gasteiger partial charge in [-0.15, -0.1) is 0 Å². The van der Waals surface area contributed by atoms with E-state index in [1.54, 1.807) is 0 Å². The van der Waals surface area contributed by atoms with Gasteiger partial charge in [0.2, 0.25) is 0 Å². The van der Waals surface area contributed by atoms with Gasteiger partial charge in [-0.25, -0.2) is 0 Å². The van der Waals surface area contributed by atoms with Crippen LogP contribution in [-0.2, 0) is 16.2 Å². The summed E-state index contributed by atoms with van der Waals surface area (Å²) in [6.45, 7) is 10.2. The lowest BCUT2D eigenvalue weighted by Crippen LogP contribution is -2.54. The van der Waals surface area contributed by atoms with Gasteiger partial charge in [-0.05, 0) is 166 Å². The maximum atomic E-state index is 4.96. The van der Waals surface area contributed by atoms with E-state index >= 15 is 0 Å². The fraction of sp³-hybridized carbons (Fsp3) is 0.258. The minimum atomic E-state index is -0.686.